The van der Waals surface area contributed by atoms with Gasteiger partial charge in [0.1, 0.15) is 5.69 Å². The van der Waals surface area contributed by atoms with Crippen molar-refractivity contribution >= 4 is 17.1 Å². The summed E-state index contributed by atoms with van der Waals surface area (Å²) in [7, 11) is 0. The van der Waals surface area contributed by atoms with Crippen LogP contribution in [0.3, 0.4) is 0 Å². The van der Waals surface area contributed by atoms with Crippen molar-refractivity contribution in [1.82, 2.24) is 0 Å². The number of nitro benzene ring substituents is 2. The van der Waals surface area contributed by atoms with Crippen molar-refractivity contribution in [3.63, 3.8) is 0 Å². The van der Waals surface area contributed by atoms with E-state index in [0.29, 0.717) is 18.8 Å². The average Bonchev–Trinajstić information content (AvgIpc) is 2.47. The van der Waals surface area contributed by atoms with E-state index in [1.807, 2.05) is 11.8 Å². The van der Waals surface area contributed by atoms with Crippen LogP contribution >= 0.6 is 0 Å². The first-order valence-electron chi connectivity index (χ1n) is 6.83. The Bertz CT molecular complexity index is 563. The van der Waals surface area contributed by atoms with E-state index in [2.05, 4.69) is 0 Å². The monoisotopic (exact) mass is 294 g/mol. The summed E-state index contributed by atoms with van der Waals surface area (Å²) >= 11 is 0. The fraction of sp³-hybridized carbons (Fsp3) is 0.538. The van der Waals surface area contributed by atoms with Crippen LogP contribution in [-0.2, 0) is 0 Å². The number of nitrogens with zero attached hydrogens (tertiary/aromatic N) is 3. The van der Waals surface area contributed by atoms with Crippen LogP contribution in [0.1, 0.15) is 19.8 Å². The van der Waals surface area contributed by atoms with Crippen molar-refractivity contribution in [3.8, 4) is 0 Å². The van der Waals surface area contributed by atoms with Gasteiger partial charge >= 0.3 is 0 Å². The van der Waals surface area contributed by atoms with Crippen LogP contribution in [-0.4, -0.2) is 29.0 Å². The fourth-order valence-electron chi connectivity index (χ4n) is 2.72. The van der Waals surface area contributed by atoms with E-state index in [1.165, 1.54) is 12.1 Å². The molecule has 0 radical (unpaired) electrons. The summed E-state index contributed by atoms with van der Waals surface area (Å²) in [6.45, 7) is 3.16. The molecule has 2 unspecified atom stereocenters. The molecule has 0 aliphatic carbocycles. The molecule has 1 fully saturated rings. The minimum Gasteiger partial charge on any atom is -0.363 e. The zero-order valence-corrected chi connectivity index (χ0v) is 11.8. The molecular formula is C13H18N4O4. The molecule has 8 heteroatoms. The molecular weight excluding hydrogens is 276 g/mol. The first-order valence-corrected chi connectivity index (χ1v) is 6.83. The highest BCUT2D eigenvalue weighted by Gasteiger charge is 2.30. The summed E-state index contributed by atoms with van der Waals surface area (Å²) in [6, 6.07) is 3.94. The molecule has 0 bridgehead atoms. The summed E-state index contributed by atoms with van der Waals surface area (Å²) < 4.78 is 0. The summed E-state index contributed by atoms with van der Waals surface area (Å²) in [5.41, 5.74) is 5.63. The van der Waals surface area contributed by atoms with Gasteiger partial charge < -0.3 is 10.6 Å². The molecule has 0 spiro atoms. The van der Waals surface area contributed by atoms with Crippen LogP contribution in [0.5, 0.6) is 0 Å². The third-order valence-electron chi connectivity index (χ3n) is 3.99. The first kappa shape index (κ1) is 15.2. The normalized spacial score (nSPS) is 22.1. The highest BCUT2D eigenvalue weighted by molar-refractivity contribution is 5.67. The van der Waals surface area contributed by atoms with E-state index in [1.54, 1.807) is 0 Å². The second kappa shape index (κ2) is 6.04. The Morgan fingerprint density at radius 2 is 2.00 bits per heavy atom. The van der Waals surface area contributed by atoms with Gasteiger partial charge in [-0.15, -0.1) is 0 Å². The van der Waals surface area contributed by atoms with Gasteiger partial charge in [0.15, 0.2) is 0 Å². The molecule has 2 atom stereocenters. The fourth-order valence-corrected chi connectivity index (χ4v) is 2.72. The molecule has 1 heterocycles. The molecule has 21 heavy (non-hydrogen) atoms. The van der Waals surface area contributed by atoms with E-state index in [9.17, 15) is 20.2 Å². The predicted octanol–water partition coefficient (Wildman–Crippen LogP) is 2.07. The largest absolute Gasteiger partial charge is 0.363 e. The maximum absolute atomic E-state index is 11.2. The first-order chi connectivity index (χ1) is 9.93. The molecule has 0 saturated carbocycles. The topological polar surface area (TPSA) is 116 Å². The van der Waals surface area contributed by atoms with Crippen LogP contribution in [0, 0.1) is 26.1 Å². The third-order valence-corrected chi connectivity index (χ3v) is 3.99. The standard InChI is InChI=1S/C13H18N4O4/c1-9-2-3-10(7-14)8-15(9)12-5-4-11(16(18)19)6-13(12)17(20)21/h4-6,9-10H,2-3,7-8,14H2,1H3. The Kier molecular flexibility index (Phi) is 4.37. The third kappa shape index (κ3) is 3.10. The summed E-state index contributed by atoms with van der Waals surface area (Å²) in [4.78, 5) is 22.7. The lowest BCUT2D eigenvalue weighted by molar-refractivity contribution is -0.393. The molecule has 0 aromatic heterocycles. The zero-order valence-electron chi connectivity index (χ0n) is 11.8. The van der Waals surface area contributed by atoms with E-state index in [0.717, 1.165) is 18.9 Å². The lowest BCUT2D eigenvalue weighted by Crippen LogP contribution is -2.44. The van der Waals surface area contributed by atoms with Gasteiger partial charge in [-0.05, 0) is 38.3 Å². The molecule has 2 N–H and O–H groups in total. The smallest absolute Gasteiger partial charge is 0.299 e. The molecule has 1 saturated heterocycles. The zero-order chi connectivity index (χ0) is 15.6. The number of nitrogens with two attached hydrogens (primary N) is 1. The molecule has 114 valence electrons. The average molecular weight is 294 g/mol. The van der Waals surface area contributed by atoms with Crippen molar-refractivity contribution in [1.29, 1.82) is 0 Å². The van der Waals surface area contributed by atoms with Crippen molar-refractivity contribution in [2.45, 2.75) is 25.8 Å². The molecule has 2 rings (SSSR count). The van der Waals surface area contributed by atoms with Crippen LogP contribution in [0.15, 0.2) is 18.2 Å². The summed E-state index contributed by atoms with van der Waals surface area (Å²) in [5.74, 6) is 0.288. The van der Waals surface area contributed by atoms with Crippen LogP contribution in [0.4, 0.5) is 17.1 Å². The number of nitro groups is 2. The van der Waals surface area contributed by atoms with Gasteiger partial charge in [-0.2, -0.15) is 0 Å². The van der Waals surface area contributed by atoms with Crippen molar-refractivity contribution < 1.29 is 9.85 Å². The number of hydrogen-bond donors (Lipinski definition) is 1. The van der Waals surface area contributed by atoms with Crippen LogP contribution in [0.2, 0.25) is 0 Å². The number of piperidine rings is 1. The van der Waals surface area contributed by atoms with Gasteiger partial charge in [0.25, 0.3) is 11.4 Å². The SMILES string of the molecule is CC1CCC(CN)CN1c1ccc([N+](=O)[O-])cc1[N+](=O)[O-]. The Morgan fingerprint density at radius 3 is 2.57 bits per heavy atom. The minimum absolute atomic E-state index is 0.146. The van der Waals surface area contributed by atoms with Crippen LogP contribution < -0.4 is 10.6 Å². The maximum Gasteiger partial charge on any atom is 0.299 e. The van der Waals surface area contributed by atoms with Gasteiger partial charge in [0.05, 0.1) is 15.9 Å². The van der Waals surface area contributed by atoms with Gasteiger partial charge in [-0.25, -0.2) is 0 Å². The van der Waals surface area contributed by atoms with Crippen molar-refractivity contribution in [3.05, 3.63) is 38.4 Å². The van der Waals surface area contributed by atoms with Crippen molar-refractivity contribution in [2.24, 2.45) is 11.7 Å². The Balaban J connectivity index is 2.41. The van der Waals surface area contributed by atoms with E-state index >= 15 is 0 Å². The highest BCUT2D eigenvalue weighted by Crippen LogP contribution is 2.36. The quantitative estimate of drug-likeness (QED) is 0.671. The lowest BCUT2D eigenvalue weighted by atomic mass is 9.93. The van der Waals surface area contributed by atoms with Crippen molar-refractivity contribution in [2.75, 3.05) is 18.0 Å². The van der Waals surface area contributed by atoms with E-state index < -0.39 is 9.85 Å². The summed E-state index contributed by atoms with van der Waals surface area (Å²) in [6.07, 6.45) is 1.89. The number of anilines is 1. The Hall–Kier alpha value is -2.22. The Morgan fingerprint density at radius 1 is 1.29 bits per heavy atom. The second-order valence-corrected chi connectivity index (χ2v) is 5.37. The number of hydrogen-bond acceptors (Lipinski definition) is 6. The molecule has 8 nitrogen and oxygen atoms in total. The molecule has 1 aromatic carbocycles. The van der Waals surface area contributed by atoms with Gasteiger partial charge in [-0.1, -0.05) is 0 Å². The minimum atomic E-state index is -0.626. The second-order valence-electron chi connectivity index (χ2n) is 5.37. The van der Waals surface area contributed by atoms with Gasteiger partial charge in [0, 0.05) is 18.7 Å². The number of rotatable bonds is 4. The number of non-ortho nitro benzene ring substituents is 1. The van der Waals surface area contributed by atoms with Gasteiger partial charge in [-0.3, -0.25) is 20.2 Å². The number of benzene rings is 1. The Labute approximate surface area is 121 Å². The molecule has 1 aliphatic heterocycles. The van der Waals surface area contributed by atoms with Gasteiger partial charge in [0.2, 0.25) is 0 Å². The van der Waals surface area contributed by atoms with Crippen LogP contribution in [0.25, 0.3) is 0 Å². The van der Waals surface area contributed by atoms with E-state index in [4.69, 9.17) is 5.73 Å². The van der Waals surface area contributed by atoms with E-state index in [-0.39, 0.29) is 23.3 Å². The molecule has 0 amide bonds. The molecule has 1 aliphatic rings. The summed E-state index contributed by atoms with van der Waals surface area (Å²) in [5, 5.41) is 22.0. The lowest BCUT2D eigenvalue weighted by Gasteiger charge is -2.38. The maximum atomic E-state index is 11.2. The molecule has 1 aromatic rings. The predicted molar refractivity (Wildman–Crippen MR) is 78.3 cm³/mol. The highest BCUT2D eigenvalue weighted by atomic mass is 16.6.